The Morgan fingerprint density at radius 3 is 2.30 bits per heavy atom. The average Bonchev–Trinajstić information content (AvgIpc) is 3.09. The Balaban J connectivity index is 1.81. The number of Topliss-reactive ketones (excluding diaryl/α,β-unsaturated/α-hetero) is 1. The van der Waals surface area contributed by atoms with Crippen LogP contribution < -0.4 is 0 Å². The zero-order chi connectivity index (χ0) is 22.1. The summed E-state index contributed by atoms with van der Waals surface area (Å²) in [6.07, 6.45) is 10.4. The normalized spacial score (nSPS) is 42.4. The van der Waals surface area contributed by atoms with Crippen molar-refractivity contribution in [2.75, 3.05) is 7.11 Å². The van der Waals surface area contributed by atoms with E-state index in [9.17, 15) is 14.7 Å². The largest absolute Gasteiger partial charge is 0.469 e. The van der Waals surface area contributed by atoms with Crippen molar-refractivity contribution in [3.63, 3.8) is 0 Å². The zero-order valence-electron chi connectivity index (χ0n) is 19.9. The van der Waals surface area contributed by atoms with E-state index in [0.717, 1.165) is 44.9 Å². The molecular formula is C26H44O4. The minimum atomic E-state index is -0.154. The van der Waals surface area contributed by atoms with E-state index in [0.29, 0.717) is 42.3 Å². The Morgan fingerprint density at radius 1 is 1.03 bits per heavy atom. The average molecular weight is 421 g/mol. The van der Waals surface area contributed by atoms with Crippen molar-refractivity contribution in [2.45, 2.75) is 104 Å². The molecular weight excluding hydrogens is 376 g/mol. The molecule has 0 aromatic rings. The van der Waals surface area contributed by atoms with Crippen LogP contribution in [0.15, 0.2) is 0 Å². The molecule has 1 unspecified atom stereocenters. The molecule has 0 radical (unpaired) electrons. The summed E-state index contributed by atoms with van der Waals surface area (Å²) >= 11 is 0. The number of fused-ring (bicyclic) bond motifs is 1. The minimum absolute atomic E-state index is 0.114. The van der Waals surface area contributed by atoms with Gasteiger partial charge < -0.3 is 9.84 Å². The van der Waals surface area contributed by atoms with Crippen molar-refractivity contribution in [2.24, 2.45) is 40.4 Å². The number of ether oxygens (including phenoxy) is 1. The van der Waals surface area contributed by atoms with Crippen molar-refractivity contribution in [3.8, 4) is 0 Å². The summed E-state index contributed by atoms with van der Waals surface area (Å²) in [6.45, 7) is 9.17. The van der Waals surface area contributed by atoms with Crippen LogP contribution in [0.2, 0.25) is 0 Å². The van der Waals surface area contributed by atoms with E-state index in [1.54, 1.807) is 0 Å². The predicted molar refractivity (Wildman–Crippen MR) is 119 cm³/mol. The SMILES string of the molecule is CCC(=O)[C@H]1[C@@H]2CC[C@H](C(C)CCC(=O)OC)[C@@]2(C)CC[C@@H]1[C@]1(C)CC[C@H](O)CC1. The maximum Gasteiger partial charge on any atom is 0.305 e. The van der Waals surface area contributed by atoms with E-state index < -0.39 is 0 Å². The van der Waals surface area contributed by atoms with Crippen LogP contribution in [0.5, 0.6) is 0 Å². The molecule has 4 heteroatoms. The van der Waals surface area contributed by atoms with Crippen LogP contribution in [-0.4, -0.2) is 30.1 Å². The van der Waals surface area contributed by atoms with Gasteiger partial charge in [0.25, 0.3) is 0 Å². The fourth-order valence-electron chi connectivity index (χ4n) is 7.86. The molecule has 3 aliphatic rings. The number of aliphatic hydroxyl groups is 1. The van der Waals surface area contributed by atoms with Gasteiger partial charge in [-0.25, -0.2) is 0 Å². The monoisotopic (exact) mass is 420 g/mol. The van der Waals surface area contributed by atoms with Crippen LogP contribution in [0.25, 0.3) is 0 Å². The molecule has 0 amide bonds. The molecule has 3 fully saturated rings. The number of carbonyl (C=O) groups excluding carboxylic acids is 2. The van der Waals surface area contributed by atoms with Gasteiger partial charge in [-0.15, -0.1) is 0 Å². The number of hydrogen-bond donors (Lipinski definition) is 1. The Hall–Kier alpha value is -0.900. The van der Waals surface area contributed by atoms with Crippen LogP contribution >= 0.6 is 0 Å². The first-order valence-electron chi connectivity index (χ1n) is 12.4. The summed E-state index contributed by atoms with van der Waals surface area (Å²) in [4.78, 5) is 25.0. The van der Waals surface area contributed by atoms with Gasteiger partial charge in [0.2, 0.25) is 0 Å². The second-order valence-electron chi connectivity index (χ2n) is 11.3. The fourth-order valence-corrected chi connectivity index (χ4v) is 7.86. The fraction of sp³-hybridized carbons (Fsp3) is 0.923. The first-order chi connectivity index (χ1) is 14.2. The molecule has 0 aromatic heterocycles. The van der Waals surface area contributed by atoms with Crippen molar-refractivity contribution in [1.29, 1.82) is 0 Å². The number of aliphatic hydroxyl groups excluding tert-OH is 1. The van der Waals surface area contributed by atoms with Gasteiger partial charge in [-0.2, -0.15) is 0 Å². The van der Waals surface area contributed by atoms with Crippen molar-refractivity contribution < 1.29 is 19.4 Å². The number of rotatable bonds is 7. The van der Waals surface area contributed by atoms with E-state index in [1.807, 2.05) is 6.92 Å². The van der Waals surface area contributed by atoms with Crippen molar-refractivity contribution in [1.82, 2.24) is 0 Å². The topological polar surface area (TPSA) is 63.6 Å². The molecule has 0 aliphatic heterocycles. The molecule has 30 heavy (non-hydrogen) atoms. The summed E-state index contributed by atoms with van der Waals surface area (Å²) in [5.41, 5.74) is 0.386. The highest BCUT2D eigenvalue weighted by Gasteiger charge is 2.59. The smallest absolute Gasteiger partial charge is 0.305 e. The summed E-state index contributed by atoms with van der Waals surface area (Å²) in [6, 6.07) is 0. The molecule has 0 bridgehead atoms. The maximum absolute atomic E-state index is 13.3. The summed E-state index contributed by atoms with van der Waals surface area (Å²) in [5, 5.41) is 10.1. The zero-order valence-corrected chi connectivity index (χ0v) is 19.9. The van der Waals surface area contributed by atoms with Gasteiger partial charge in [0.05, 0.1) is 13.2 Å². The molecule has 0 heterocycles. The molecule has 4 nitrogen and oxygen atoms in total. The predicted octanol–water partition coefficient (Wildman–Crippen LogP) is 5.55. The molecule has 1 N–H and O–H groups in total. The highest BCUT2D eigenvalue weighted by molar-refractivity contribution is 5.81. The first-order valence-corrected chi connectivity index (χ1v) is 12.4. The quantitative estimate of drug-likeness (QED) is 0.548. The van der Waals surface area contributed by atoms with Crippen LogP contribution in [0, 0.1) is 40.4 Å². The third-order valence-corrected chi connectivity index (χ3v) is 9.77. The van der Waals surface area contributed by atoms with Crippen molar-refractivity contribution in [3.05, 3.63) is 0 Å². The third-order valence-electron chi connectivity index (χ3n) is 9.77. The molecule has 3 aliphatic carbocycles. The van der Waals surface area contributed by atoms with Gasteiger partial charge in [-0.05, 0) is 92.3 Å². The van der Waals surface area contributed by atoms with E-state index in [2.05, 4.69) is 20.8 Å². The van der Waals surface area contributed by atoms with Crippen LogP contribution in [0.3, 0.4) is 0 Å². The Bertz CT molecular complexity index is 621. The first kappa shape index (κ1) is 23.8. The molecule has 3 rings (SSSR count). The lowest BCUT2D eigenvalue weighted by Gasteiger charge is -2.55. The van der Waals surface area contributed by atoms with E-state index in [1.165, 1.54) is 20.0 Å². The highest BCUT2D eigenvalue weighted by Crippen LogP contribution is 2.64. The summed E-state index contributed by atoms with van der Waals surface area (Å²) in [7, 11) is 1.47. The molecule has 6 atom stereocenters. The molecule has 0 aromatic carbocycles. The van der Waals surface area contributed by atoms with Crippen LogP contribution in [0.4, 0.5) is 0 Å². The summed E-state index contributed by atoms with van der Waals surface area (Å²) < 4.78 is 4.86. The van der Waals surface area contributed by atoms with Gasteiger partial charge in [0.1, 0.15) is 5.78 Å². The van der Waals surface area contributed by atoms with Gasteiger partial charge >= 0.3 is 5.97 Å². The Morgan fingerprint density at radius 2 is 1.70 bits per heavy atom. The maximum atomic E-state index is 13.3. The van der Waals surface area contributed by atoms with Gasteiger partial charge in [0.15, 0.2) is 0 Å². The highest BCUT2D eigenvalue weighted by atomic mass is 16.5. The number of ketones is 1. The number of esters is 1. The van der Waals surface area contributed by atoms with E-state index >= 15 is 0 Å². The lowest BCUT2D eigenvalue weighted by molar-refractivity contribution is -0.141. The van der Waals surface area contributed by atoms with Gasteiger partial charge in [-0.3, -0.25) is 9.59 Å². The minimum Gasteiger partial charge on any atom is -0.469 e. The van der Waals surface area contributed by atoms with Crippen molar-refractivity contribution >= 4 is 11.8 Å². The standard InChI is InChI=1S/C26H44O4/c1-6-22(28)24-20(25(3)14-11-18(27)12-15-25)13-16-26(4)19(8-9-21(24)26)17(2)7-10-23(29)30-5/h17-21,24,27H,6-16H2,1-5H3/t17?,18-,19-,20+,21+,24-,25+,26-/m1/s1. The molecule has 0 spiro atoms. The Labute approximate surface area is 183 Å². The van der Waals surface area contributed by atoms with Gasteiger partial charge in [0, 0.05) is 18.8 Å². The lowest BCUT2D eigenvalue weighted by atomic mass is 9.49. The second-order valence-corrected chi connectivity index (χ2v) is 11.3. The molecule has 0 saturated heterocycles. The second kappa shape index (κ2) is 9.30. The van der Waals surface area contributed by atoms with Gasteiger partial charge in [-0.1, -0.05) is 27.7 Å². The van der Waals surface area contributed by atoms with Crippen LogP contribution in [-0.2, 0) is 14.3 Å². The van der Waals surface area contributed by atoms with Crippen LogP contribution in [0.1, 0.15) is 98.3 Å². The summed E-state index contributed by atoms with van der Waals surface area (Å²) in [5.74, 6) is 2.52. The van der Waals surface area contributed by atoms with E-state index in [-0.39, 0.29) is 28.8 Å². The third kappa shape index (κ3) is 4.36. The Kier molecular flexibility index (Phi) is 7.37. The number of methoxy groups -OCH3 is 1. The molecule has 172 valence electrons. The number of carbonyl (C=O) groups is 2. The lowest BCUT2D eigenvalue weighted by Crippen LogP contribution is -2.51. The molecule has 3 saturated carbocycles. The number of hydrogen-bond acceptors (Lipinski definition) is 4. The van der Waals surface area contributed by atoms with E-state index in [4.69, 9.17) is 4.74 Å².